The molecule has 0 radical (unpaired) electrons. The summed E-state index contributed by atoms with van der Waals surface area (Å²) in [6, 6.07) is 15.9. The van der Waals surface area contributed by atoms with Gasteiger partial charge >= 0.3 is 6.09 Å². The highest BCUT2D eigenvalue weighted by atomic mass is 16.6. The van der Waals surface area contributed by atoms with Crippen LogP contribution in [0.5, 0.6) is 0 Å². The second-order valence-electron chi connectivity index (χ2n) is 7.70. The van der Waals surface area contributed by atoms with Crippen molar-refractivity contribution >= 4 is 11.8 Å². The minimum atomic E-state index is -0.553. The minimum Gasteiger partial charge on any atom is -0.436 e. The maximum atomic E-state index is 13.1. The highest BCUT2D eigenvalue weighted by molar-refractivity contribution is 5.89. The number of carbonyl (C=O) groups is 1. The van der Waals surface area contributed by atoms with E-state index in [0.29, 0.717) is 5.69 Å². The predicted molar refractivity (Wildman–Crippen MR) is 113 cm³/mol. The van der Waals surface area contributed by atoms with Gasteiger partial charge in [0.1, 0.15) is 5.69 Å². The lowest BCUT2D eigenvalue weighted by Gasteiger charge is -2.20. The smallest absolute Gasteiger partial charge is 0.415 e. The van der Waals surface area contributed by atoms with Crippen LogP contribution >= 0.6 is 0 Å². The van der Waals surface area contributed by atoms with Gasteiger partial charge in [-0.1, -0.05) is 48.5 Å². The van der Waals surface area contributed by atoms with Gasteiger partial charge in [0.15, 0.2) is 6.10 Å². The number of hydrogen-bond donors (Lipinski definition) is 0. The Morgan fingerprint density at radius 1 is 1.03 bits per heavy atom. The van der Waals surface area contributed by atoms with Crippen LogP contribution in [0.15, 0.2) is 53.3 Å². The summed E-state index contributed by atoms with van der Waals surface area (Å²) in [6.45, 7) is 5.71. The molecule has 0 saturated carbocycles. The van der Waals surface area contributed by atoms with Crippen LogP contribution in [0.3, 0.4) is 0 Å². The molecule has 0 saturated heterocycles. The molecule has 1 heterocycles. The number of fused-ring (bicyclic) bond motifs is 3. The normalized spacial score (nSPS) is 12.8. The summed E-state index contributed by atoms with van der Waals surface area (Å²) in [6.07, 6.45) is -1.04. The van der Waals surface area contributed by atoms with Crippen molar-refractivity contribution in [3.63, 3.8) is 0 Å². The molecule has 2 aromatic carbocycles. The Balaban J connectivity index is 1.69. The summed E-state index contributed by atoms with van der Waals surface area (Å²) >= 11 is 0. The Hall–Kier alpha value is -3.28. The third-order valence-electron chi connectivity index (χ3n) is 5.66. The zero-order chi connectivity index (χ0) is 20.9. The van der Waals surface area contributed by atoms with Gasteiger partial charge in [-0.2, -0.15) is 0 Å². The fourth-order valence-electron chi connectivity index (χ4n) is 4.19. The Bertz CT molecular complexity index is 1110. The van der Waals surface area contributed by atoms with E-state index in [9.17, 15) is 9.59 Å². The molecule has 1 aliphatic carbocycles. The lowest BCUT2D eigenvalue weighted by atomic mass is 10.1. The second-order valence-corrected chi connectivity index (χ2v) is 7.70. The summed E-state index contributed by atoms with van der Waals surface area (Å²) < 4.78 is 9.35. The Morgan fingerprint density at radius 3 is 2.03 bits per heavy atom. The lowest BCUT2D eigenvalue weighted by Crippen LogP contribution is -2.33. The molecule has 0 atom stereocenters. The van der Waals surface area contributed by atoms with Crippen molar-refractivity contribution in [2.45, 2.75) is 32.9 Å². The molecule has 4 rings (SSSR count). The molecule has 0 spiro atoms. The average molecular weight is 391 g/mol. The quantitative estimate of drug-likeness (QED) is 0.664. The highest BCUT2D eigenvalue weighted by Crippen LogP contribution is 2.45. The van der Waals surface area contributed by atoms with Gasteiger partial charge < -0.3 is 4.74 Å². The van der Waals surface area contributed by atoms with Crippen LogP contribution in [-0.4, -0.2) is 22.5 Å². The Kier molecular flexibility index (Phi) is 4.57. The molecule has 6 heteroatoms. The van der Waals surface area contributed by atoms with Crippen LogP contribution in [-0.2, 0) is 11.8 Å². The van der Waals surface area contributed by atoms with Gasteiger partial charge in [0, 0.05) is 31.3 Å². The van der Waals surface area contributed by atoms with Gasteiger partial charge in [0.2, 0.25) is 0 Å². The standard InChI is InChI=1S/C23H25N3O3/c1-14(2)26-22(27)20(15(3)25(26)5)24(4)23(28)29-21-18-12-8-6-10-16(18)17-11-7-9-13-19(17)21/h6-14,21H,1-5H3. The van der Waals surface area contributed by atoms with E-state index in [0.717, 1.165) is 27.9 Å². The first-order valence-corrected chi connectivity index (χ1v) is 9.73. The van der Waals surface area contributed by atoms with Crippen LogP contribution in [0, 0.1) is 6.92 Å². The summed E-state index contributed by atoms with van der Waals surface area (Å²) in [4.78, 5) is 27.3. The number of carbonyl (C=O) groups excluding carboxylic acids is 1. The van der Waals surface area contributed by atoms with Gasteiger partial charge in [-0.15, -0.1) is 0 Å². The van der Waals surface area contributed by atoms with Crippen molar-refractivity contribution in [3.05, 3.63) is 75.7 Å². The molecule has 0 aliphatic heterocycles. The van der Waals surface area contributed by atoms with E-state index in [2.05, 4.69) is 0 Å². The first kappa shape index (κ1) is 19.1. The Morgan fingerprint density at radius 2 is 1.55 bits per heavy atom. The van der Waals surface area contributed by atoms with Gasteiger partial charge in [0.05, 0.1) is 5.69 Å². The van der Waals surface area contributed by atoms with E-state index in [1.165, 1.54) is 4.90 Å². The molecule has 29 heavy (non-hydrogen) atoms. The number of benzene rings is 2. The molecule has 0 fully saturated rings. The first-order valence-electron chi connectivity index (χ1n) is 9.73. The largest absolute Gasteiger partial charge is 0.436 e. The Labute approximate surface area is 169 Å². The molecule has 0 N–H and O–H groups in total. The van der Waals surface area contributed by atoms with E-state index in [1.54, 1.807) is 16.4 Å². The van der Waals surface area contributed by atoms with Crippen molar-refractivity contribution in [2.24, 2.45) is 7.05 Å². The lowest BCUT2D eigenvalue weighted by molar-refractivity contribution is 0.127. The number of aromatic nitrogens is 2. The fourth-order valence-corrected chi connectivity index (χ4v) is 4.19. The molecule has 3 aromatic rings. The van der Waals surface area contributed by atoms with Crippen molar-refractivity contribution in [1.29, 1.82) is 0 Å². The zero-order valence-corrected chi connectivity index (χ0v) is 17.3. The van der Waals surface area contributed by atoms with Crippen molar-refractivity contribution in [2.75, 3.05) is 11.9 Å². The zero-order valence-electron chi connectivity index (χ0n) is 17.3. The summed E-state index contributed by atoms with van der Waals surface area (Å²) in [7, 11) is 3.41. The average Bonchev–Trinajstić information content (AvgIpc) is 3.13. The summed E-state index contributed by atoms with van der Waals surface area (Å²) in [5.74, 6) is 0. The number of rotatable bonds is 3. The maximum Gasteiger partial charge on any atom is 0.415 e. The van der Waals surface area contributed by atoms with Crippen LogP contribution < -0.4 is 10.5 Å². The topological polar surface area (TPSA) is 56.5 Å². The van der Waals surface area contributed by atoms with E-state index in [-0.39, 0.29) is 11.6 Å². The molecule has 1 aliphatic rings. The van der Waals surface area contributed by atoms with Gasteiger partial charge in [-0.05, 0) is 31.9 Å². The third kappa shape index (κ3) is 2.87. The molecule has 0 unspecified atom stereocenters. The van der Waals surface area contributed by atoms with Gasteiger partial charge in [-0.3, -0.25) is 14.4 Å². The van der Waals surface area contributed by atoms with Crippen molar-refractivity contribution in [1.82, 2.24) is 9.36 Å². The van der Waals surface area contributed by atoms with Crippen LogP contribution in [0.2, 0.25) is 0 Å². The van der Waals surface area contributed by atoms with Gasteiger partial charge in [-0.25, -0.2) is 9.48 Å². The van der Waals surface area contributed by atoms with E-state index in [1.807, 2.05) is 76.3 Å². The van der Waals surface area contributed by atoms with E-state index < -0.39 is 12.2 Å². The highest BCUT2D eigenvalue weighted by Gasteiger charge is 2.33. The molecular formula is C23H25N3O3. The number of amides is 1. The number of anilines is 1. The second kappa shape index (κ2) is 6.95. The summed E-state index contributed by atoms with van der Waals surface area (Å²) in [5.41, 5.74) is 4.91. The van der Waals surface area contributed by atoms with E-state index >= 15 is 0 Å². The van der Waals surface area contributed by atoms with E-state index in [4.69, 9.17) is 4.74 Å². The monoisotopic (exact) mass is 391 g/mol. The maximum absolute atomic E-state index is 13.1. The molecule has 1 amide bonds. The molecule has 0 bridgehead atoms. The van der Waals surface area contributed by atoms with Crippen LogP contribution in [0.25, 0.3) is 11.1 Å². The summed E-state index contributed by atoms with van der Waals surface area (Å²) in [5, 5.41) is 0. The molecule has 1 aromatic heterocycles. The molecular weight excluding hydrogens is 366 g/mol. The van der Waals surface area contributed by atoms with Crippen molar-refractivity contribution < 1.29 is 9.53 Å². The number of nitrogens with zero attached hydrogens (tertiary/aromatic N) is 3. The fraction of sp³-hybridized carbons (Fsp3) is 0.304. The first-order chi connectivity index (χ1) is 13.8. The molecule has 6 nitrogen and oxygen atoms in total. The van der Waals surface area contributed by atoms with Crippen LogP contribution in [0.4, 0.5) is 10.5 Å². The predicted octanol–water partition coefficient (Wildman–Crippen LogP) is 4.42. The molecule has 150 valence electrons. The minimum absolute atomic E-state index is 0.0158. The van der Waals surface area contributed by atoms with Crippen LogP contribution in [0.1, 0.15) is 42.8 Å². The third-order valence-corrected chi connectivity index (χ3v) is 5.66. The van der Waals surface area contributed by atoms with Crippen molar-refractivity contribution in [3.8, 4) is 11.1 Å². The SMILES string of the molecule is Cc1c(N(C)C(=O)OC2c3ccccc3-c3ccccc32)c(=O)n(C(C)C)n1C. The number of hydrogen-bond acceptors (Lipinski definition) is 3. The van der Waals surface area contributed by atoms with Gasteiger partial charge in [0.25, 0.3) is 5.56 Å². The number of ether oxygens (including phenoxy) is 1.